The second-order valence-electron chi connectivity index (χ2n) is 12.0. The molecule has 0 aliphatic carbocycles. The van der Waals surface area contributed by atoms with E-state index in [0.29, 0.717) is 64.0 Å². The highest BCUT2D eigenvalue weighted by Gasteiger charge is 2.93. The molecule has 4 saturated heterocycles. The summed E-state index contributed by atoms with van der Waals surface area (Å²) in [6.45, 7) is 1.57. The summed E-state index contributed by atoms with van der Waals surface area (Å²) in [6.07, 6.45) is 3.96. The molecule has 2 aromatic carbocycles. The fourth-order valence-corrected chi connectivity index (χ4v) is 8.54. The van der Waals surface area contributed by atoms with E-state index < -0.39 is 11.6 Å². The maximum Gasteiger partial charge on any atom is 0.319 e. The molecule has 4 fully saturated rings. The molecule has 6 atom stereocenters. The summed E-state index contributed by atoms with van der Waals surface area (Å²) in [7, 11) is 0. The Morgan fingerprint density at radius 2 is 1.86 bits per heavy atom. The van der Waals surface area contributed by atoms with Crippen molar-refractivity contribution < 1.29 is 23.1 Å². The first-order valence-corrected chi connectivity index (χ1v) is 14.9. The lowest BCUT2D eigenvalue weighted by atomic mass is 9.91. The zero-order valence-electron chi connectivity index (χ0n) is 22.9. The highest BCUT2D eigenvalue weighted by atomic mass is 35.5. The number of nitrogens with zero attached hydrogens (tertiary/aromatic N) is 6. The first-order chi connectivity index (χ1) is 20.9. The van der Waals surface area contributed by atoms with E-state index >= 15 is 4.39 Å². The predicted octanol–water partition coefficient (Wildman–Crippen LogP) is 4.70. The summed E-state index contributed by atoms with van der Waals surface area (Å²) in [6, 6.07) is 15.7. The molecule has 0 amide bonds. The molecule has 4 aliphatic heterocycles. The van der Waals surface area contributed by atoms with Crippen molar-refractivity contribution in [1.82, 2.24) is 19.9 Å². The second-order valence-corrected chi connectivity index (χ2v) is 12.4. The molecule has 3 aromatic heterocycles. The average molecular weight is 600 g/mol. The highest BCUT2D eigenvalue weighted by molar-refractivity contribution is 6.36. The zero-order chi connectivity index (χ0) is 29.0. The van der Waals surface area contributed by atoms with Gasteiger partial charge in [-0.05, 0) is 23.6 Å². The lowest BCUT2D eigenvalue weighted by Crippen LogP contribution is -2.76. The summed E-state index contributed by atoms with van der Waals surface area (Å²) >= 11 is 6.58. The van der Waals surface area contributed by atoms with Gasteiger partial charge >= 0.3 is 6.01 Å². The summed E-state index contributed by atoms with van der Waals surface area (Å²) in [5.41, 5.74) is 1.48. The molecule has 7 heterocycles. The van der Waals surface area contributed by atoms with E-state index in [0.717, 1.165) is 29.0 Å². The van der Waals surface area contributed by atoms with Gasteiger partial charge in [0.1, 0.15) is 34.9 Å². The fraction of sp³-hybridized carbons (Fsp3) is 0.312. The number of anilines is 1. The molecule has 1 N–H and O–H groups in total. The summed E-state index contributed by atoms with van der Waals surface area (Å²) in [5, 5.41) is 13.4. The number of pyridine rings is 2. The number of halogens is 3. The van der Waals surface area contributed by atoms with Gasteiger partial charge in [-0.25, -0.2) is 8.78 Å². The van der Waals surface area contributed by atoms with Gasteiger partial charge in [-0.15, -0.1) is 0 Å². The van der Waals surface area contributed by atoms with Crippen LogP contribution >= 0.6 is 11.6 Å². The van der Waals surface area contributed by atoms with Gasteiger partial charge in [-0.1, -0.05) is 41.9 Å². The van der Waals surface area contributed by atoms with Crippen molar-refractivity contribution in [3.8, 4) is 17.3 Å². The van der Waals surface area contributed by atoms with Crippen LogP contribution in [0.2, 0.25) is 5.02 Å². The number of benzene rings is 2. The van der Waals surface area contributed by atoms with Crippen LogP contribution in [0.4, 0.5) is 14.6 Å². The minimum Gasteiger partial charge on any atom is -0.463 e. The summed E-state index contributed by atoms with van der Waals surface area (Å²) < 4.78 is 36.9. The molecule has 4 aliphatic rings. The van der Waals surface area contributed by atoms with Crippen LogP contribution in [0.15, 0.2) is 60.9 Å². The predicted molar refractivity (Wildman–Crippen MR) is 157 cm³/mol. The molecule has 0 bridgehead atoms. The van der Waals surface area contributed by atoms with Gasteiger partial charge in [0, 0.05) is 34.3 Å². The van der Waals surface area contributed by atoms with E-state index in [1.807, 2.05) is 24.3 Å². The number of fused-ring (bicyclic) bond motifs is 3. The van der Waals surface area contributed by atoms with E-state index in [9.17, 15) is 9.50 Å². The highest BCUT2D eigenvalue weighted by Crippen LogP contribution is 2.69. The van der Waals surface area contributed by atoms with Crippen LogP contribution in [0, 0.1) is 11.6 Å². The average Bonchev–Trinajstić information content (AvgIpc) is 3.43. The number of piperazine rings is 1. The van der Waals surface area contributed by atoms with Crippen molar-refractivity contribution in [3.63, 3.8) is 0 Å². The zero-order valence-corrected chi connectivity index (χ0v) is 23.6. The van der Waals surface area contributed by atoms with E-state index in [4.69, 9.17) is 21.3 Å². The van der Waals surface area contributed by atoms with Gasteiger partial charge in [0.15, 0.2) is 24.0 Å². The Bertz CT molecular complexity index is 1960. The quantitative estimate of drug-likeness (QED) is 0.224. The van der Waals surface area contributed by atoms with Gasteiger partial charge in [0.25, 0.3) is 0 Å². The Balaban J connectivity index is 1.13. The SMILES string of the molecule is O[C@@H]1C2C3C[C@@H]4CN(c5nc(OCCc6ccc(F)cn6)nc6c(F)c(-c7cccc8cccc(Cl)c78)ncc56)C[C@H]1[N+]324. The number of ether oxygens (including phenoxy) is 1. The standard InChI is InChI=1S/C32H26ClF2N6O2/c33-22-6-2-4-16-3-1-5-20(25(16)22)27-26(35)28-21(13-37-27)31(39-32(38-28)43-10-9-18-8-7-17(34)12-36-18)40-14-19-11-23-29-30(42)24(15-40)41(19,23)29/h1-8,12-13,19,23-24,29-30,42H,9-11,14-15H2/q+1/t19-,23?,24-,29?,30+,41?/m1/s1. The van der Waals surface area contributed by atoms with Crippen LogP contribution in [0.1, 0.15) is 12.1 Å². The van der Waals surface area contributed by atoms with Crippen LogP contribution in [0.25, 0.3) is 32.9 Å². The molecule has 216 valence electrons. The molecule has 0 saturated carbocycles. The van der Waals surface area contributed by atoms with Crippen LogP contribution in [-0.2, 0) is 6.42 Å². The molecule has 11 heteroatoms. The van der Waals surface area contributed by atoms with Crippen LogP contribution in [-0.4, -0.2) is 79.5 Å². The Hall–Kier alpha value is -3.99. The lowest BCUT2D eigenvalue weighted by molar-refractivity contribution is -0.949. The van der Waals surface area contributed by atoms with Crippen LogP contribution in [0.5, 0.6) is 6.01 Å². The Morgan fingerprint density at radius 1 is 1.00 bits per heavy atom. The van der Waals surface area contributed by atoms with Crippen molar-refractivity contribution in [2.24, 2.45) is 0 Å². The third kappa shape index (κ3) is 3.48. The third-order valence-electron chi connectivity index (χ3n) is 10.1. The first kappa shape index (κ1) is 25.5. The smallest absolute Gasteiger partial charge is 0.319 e. The Labute approximate surface area is 250 Å². The van der Waals surface area contributed by atoms with E-state index in [1.165, 1.54) is 6.07 Å². The number of aliphatic hydroxyl groups excluding tert-OH is 1. The number of aromatic nitrogens is 4. The number of hydrogen-bond acceptors (Lipinski definition) is 7. The molecule has 1 spiro atoms. The van der Waals surface area contributed by atoms with Gasteiger partial charge in [0.05, 0.1) is 37.7 Å². The van der Waals surface area contributed by atoms with Crippen LogP contribution in [0.3, 0.4) is 0 Å². The van der Waals surface area contributed by atoms with Gasteiger partial charge in [0.2, 0.25) is 0 Å². The Kier molecular flexibility index (Phi) is 5.34. The summed E-state index contributed by atoms with van der Waals surface area (Å²) in [4.78, 5) is 20.1. The maximum absolute atomic E-state index is 16.6. The maximum atomic E-state index is 16.6. The van der Waals surface area contributed by atoms with Gasteiger partial charge in [-0.2, -0.15) is 9.97 Å². The van der Waals surface area contributed by atoms with Gasteiger partial charge < -0.3 is 14.7 Å². The van der Waals surface area contributed by atoms with Crippen molar-refractivity contribution >= 4 is 39.1 Å². The number of hydrogen-bond donors (Lipinski definition) is 1. The van der Waals surface area contributed by atoms with Gasteiger partial charge in [-0.3, -0.25) is 14.5 Å². The number of quaternary nitrogens is 1. The molecule has 43 heavy (non-hydrogen) atoms. The molecule has 5 aromatic rings. The first-order valence-electron chi connectivity index (χ1n) is 14.5. The van der Waals surface area contributed by atoms with E-state index in [2.05, 4.69) is 19.9 Å². The van der Waals surface area contributed by atoms with Crippen molar-refractivity contribution in [2.45, 2.75) is 43.1 Å². The monoisotopic (exact) mass is 599 g/mol. The summed E-state index contributed by atoms with van der Waals surface area (Å²) in [5.74, 6) is -0.446. The minimum absolute atomic E-state index is 0.0383. The molecule has 9 rings (SSSR count). The molecule has 8 nitrogen and oxygen atoms in total. The van der Waals surface area contributed by atoms with E-state index in [1.54, 1.807) is 24.4 Å². The third-order valence-corrected chi connectivity index (χ3v) is 10.4. The molecular weight excluding hydrogens is 574 g/mol. The van der Waals surface area contributed by atoms with E-state index in [-0.39, 0.29) is 36.0 Å². The Morgan fingerprint density at radius 3 is 2.67 bits per heavy atom. The lowest BCUT2D eigenvalue weighted by Gasteiger charge is -2.55. The van der Waals surface area contributed by atoms with Crippen LogP contribution < -0.4 is 9.64 Å². The molecular formula is C32H26ClF2N6O2+. The molecule has 3 unspecified atom stereocenters. The largest absolute Gasteiger partial charge is 0.463 e. The van der Waals surface area contributed by atoms with Crippen molar-refractivity contribution in [2.75, 3.05) is 24.6 Å². The minimum atomic E-state index is -0.586. The number of aliphatic hydroxyl groups is 1. The van der Waals surface area contributed by atoms with Crippen molar-refractivity contribution in [1.29, 1.82) is 0 Å². The topological polar surface area (TPSA) is 84.3 Å². The fourth-order valence-electron chi connectivity index (χ4n) is 8.25. The number of rotatable bonds is 6. The normalized spacial score (nSPS) is 28.2. The second kappa shape index (κ2) is 9.01. The molecule has 0 radical (unpaired) electrons. The van der Waals surface area contributed by atoms with Crippen molar-refractivity contribution in [3.05, 3.63) is 83.3 Å².